The number of hydrogen-bond acceptors (Lipinski definition) is 3. The summed E-state index contributed by atoms with van der Waals surface area (Å²) in [5, 5.41) is 9.42. The van der Waals surface area contributed by atoms with E-state index in [0.717, 1.165) is 10.7 Å². The number of thiazole rings is 1. The van der Waals surface area contributed by atoms with Gasteiger partial charge in [0.05, 0.1) is 18.2 Å². The van der Waals surface area contributed by atoms with Gasteiger partial charge in [0, 0.05) is 4.88 Å². The first kappa shape index (κ1) is 9.21. The molecular formula is C9H12N2S. The average Bonchev–Trinajstić information content (AvgIpc) is 2.32. The zero-order valence-electron chi connectivity index (χ0n) is 7.59. The van der Waals surface area contributed by atoms with Crippen molar-refractivity contribution in [2.75, 3.05) is 0 Å². The number of aromatic nitrogens is 1. The molecule has 0 atom stereocenters. The lowest BCUT2D eigenvalue weighted by Gasteiger charge is -1.99. The number of nitriles is 1. The van der Waals surface area contributed by atoms with E-state index in [1.165, 1.54) is 4.88 Å². The molecule has 3 heteroatoms. The normalized spacial score (nSPS) is 10.2. The first-order valence-electron chi connectivity index (χ1n) is 3.98. The molecule has 0 amide bonds. The average molecular weight is 180 g/mol. The van der Waals surface area contributed by atoms with Crippen molar-refractivity contribution in [3.8, 4) is 6.07 Å². The standard InChI is InChI=1S/C9H12N2S/c1-6(2)9-7(3)12-8(11-9)4-5-10/h6H,4H2,1-3H3. The Hall–Kier alpha value is -0.880. The minimum absolute atomic E-state index is 0.443. The Balaban J connectivity index is 2.94. The number of aryl methyl sites for hydroxylation is 1. The Kier molecular flexibility index (Phi) is 2.83. The van der Waals surface area contributed by atoms with Gasteiger partial charge < -0.3 is 0 Å². The van der Waals surface area contributed by atoms with Crippen molar-refractivity contribution in [2.24, 2.45) is 0 Å². The number of hydrogen-bond donors (Lipinski definition) is 0. The molecule has 0 bridgehead atoms. The van der Waals surface area contributed by atoms with Crippen LogP contribution in [0.1, 0.15) is 35.3 Å². The van der Waals surface area contributed by atoms with E-state index in [0.29, 0.717) is 12.3 Å². The Bertz CT molecular complexity index is 307. The molecule has 0 aliphatic rings. The predicted octanol–water partition coefficient (Wildman–Crippen LogP) is 2.64. The zero-order valence-corrected chi connectivity index (χ0v) is 8.40. The van der Waals surface area contributed by atoms with Crippen LogP contribution in [-0.2, 0) is 6.42 Å². The van der Waals surface area contributed by atoms with Gasteiger partial charge in [0.2, 0.25) is 0 Å². The van der Waals surface area contributed by atoms with E-state index in [2.05, 4.69) is 31.8 Å². The van der Waals surface area contributed by atoms with E-state index in [-0.39, 0.29) is 0 Å². The topological polar surface area (TPSA) is 36.7 Å². The van der Waals surface area contributed by atoms with Crippen LogP contribution in [0.15, 0.2) is 0 Å². The second kappa shape index (κ2) is 3.68. The van der Waals surface area contributed by atoms with Crippen molar-refractivity contribution in [2.45, 2.75) is 33.1 Å². The highest BCUT2D eigenvalue weighted by Crippen LogP contribution is 2.23. The second-order valence-electron chi connectivity index (χ2n) is 3.04. The molecular weight excluding hydrogens is 168 g/mol. The molecule has 0 aromatic carbocycles. The summed E-state index contributed by atoms with van der Waals surface area (Å²) in [6.07, 6.45) is 0.443. The van der Waals surface area contributed by atoms with E-state index < -0.39 is 0 Å². The van der Waals surface area contributed by atoms with Crippen molar-refractivity contribution in [3.05, 3.63) is 15.6 Å². The summed E-state index contributed by atoms with van der Waals surface area (Å²) in [5.74, 6) is 0.466. The summed E-state index contributed by atoms with van der Waals surface area (Å²) in [4.78, 5) is 5.64. The Morgan fingerprint density at radius 2 is 2.25 bits per heavy atom. The van der Waals surface area contributed by atoms with Gasteiger partial charge in [0.25, 0.3) is 0 Å². The minimum atomic E-state index is 0.443. The predicted molar refractivity (Wildman–Crippen MR) is 50.3 cm³/mol. The molecule has 12 heavy (non-hydrogen) atoms. The fourth-order valence-corrected chi connectivity index (χ4v) is 2.16. The summed E-state index contributed by atoms with van der Waals surface area (Å²) >= 11 is 1.63. The molecule has 0 aliphatic heterocycles. The maximum atomic E-state index is 8.48. The van der Waals surface area contributed by atoms with Gasteiger partial charge in [-0.2, -0.15) is 5.26 Å². The number of nitrogens with zero attached hydrogens (tertiary/aromatic N) is 2. The van der Waals surface area contributed by atoms with Crippen LogP contribution in [0, 0.1) is 18.3 Å². The quantitative estimate of drug-likeness (QED) is 0.701. The largest absolute Gasteiger partial charge is 0.245 e. The maximum absolute atomic E-state index is 8.48. The molecule has 1 heterocycles. The van der Waals surface area contributed by atoms with Crippen LogP contribution in [-0.4, -0.2) is 4.98 Å². The first-order chi connectivity index (χ1) is 5.65. The molecule has 0 saturated carbocycles. The van der Waals surface area contributed by atoms with Gasteiger partial charge >= 0.3 is 0 Å². The third kappa shape index (κ3) is 1.83. The molecule has 0 saturated heterocycles. The van der Waals surface area contributed by atoms with Crippen LogP contribution < -0.4 is 0 Å². The molecule has 0 unspecified atom stereocenters. The van der Waals surface area contributed by atoms with Gasteiger partial charge in [-0.05, 0) is 12.8 Å². The van der Waals surface area contributed by atoms with Crippen LogP contribution in [0.2, 0.25) is 0 Å². The Morgan fingerprint density at radius 1 is 1.58 bits per heavy atom. The molecule has 0 radical (unpaired) electrons. The first-order valence-corrected chi connectivity index (χ1v) is 4.80. The van der Waals surface area contributed by atoms with E-state index in [9.17, 15) is 0 Å². The molecule has 0 spiro atoms. The molecule has 64 valence electrons. The summed E-state index contributed by atoms with van der Waals surface area (Å²) in [7, 11) is 0. The second-order valence-corrected chi connectivity index (χ2v) is 4.33. The lowest BCUT2D eigenvalue weighted by atomic mass is 10.1. The van der Waals surface area contributed by atoms with Crippen molar-refractivity contribution < 1.29 is 0 Å². The highest BCUT2D eigenvalue weighted by atomic mass is 32.1. The van der Waals surface area contributed by atoms with Gasteiger partial charge in [-0.15, -0.1) is 11.3 Å². The van der Waals surface area contributed by atoms with Gasteiger partial charge in [-0.3, -0.25) is 0 Å². The van der Waals surface area contributed by atoms with Crippen LogP contribution in [0.4, 0.5) is 0 Å². The highest BCUT2D eigenvalue weighted by molar-refractivity contribution is 7.11. The zero-order chi connectivity index (χ0) is 9.14. The van der Waals surface area contributed by atoms with Gasteiger partial charge in [0.15, 0.2) is 0 Å². The summed E-state index contributed by atoms with van der Waals surface area (Å²) in [6, 6.07) is 2.11. The molecule has 0 aliphatic carbocycles. The summed E-state index contributed by atoms with van der Waals surface area (Å²) in [5.41, 5.74) is 1.14. The molecule has 1 aromatic rings. The third-order valence-corrected chi connectivity index (χ3v) is 2.64. The van der Waals surface area contributed by atoms with Crippen molar-refractivity contribution in [1.29, 1.82) is 5.26 Å². The van der Waals surface area contributed by atoms with Crippen molar-refractivity contribution in [3.63, 3.8) is 0 Å². The fraction of sp³-hybridized carbons (Fsp3) is 0.556. The SMILES string of the molecule is Cc1sc(CC#N)nc1C(C)C. The molecule has 0 N–H and O–H groups in total. The van der Waals surface area contributed by atoms with Gasteiger partial charge in [-0.1, -0.05) is 13.8 Å². The van der Waals surface area contributed by atoms with E-state index >= 15 is 0 Å². The van der Waals surface area contributed by atoms with Crippen LogP contribution in [0.5, 0.6) is 0 Å². The van der Waals surface area contributed by atoms with Crippen LogP contribution in [0.25, 0.3) is 0 Å². The van der Waals surface area contributed by atoms with Crippen LogP contribution in [0.3, 0.4) is 0 Å². The maximum Gasteiger partial charge on any atom is 0.107 e. The van der Waals surface area contributed by atoms with E-state index in [1.807, 2.05) is 0 Å². The van der Waals surface area contributed by atoms with E-state index in [1.54, 1.807) is 11.3 Å². The van der Waals surface area contributed by atoms with Crippen molar-refractivity contribution >= 4 is 11.3 Å². The lowest BCUT2D eigenvalue weighted by Crippen LogP contribution is -1.90. The Morgan fingerprint density at radius 3 is 2.67 bits per heavy atom. The van der Waals surface area contributed by atoms with E-state index in [4.69, 9.17) is 5.26 Å². The summed E-state index contributed by atoms with van der Waals surface area (Å²) in [6.45, 7) is 6.31. The fourth-order valence-electron chi connectivity index (χ4n) is 1.14. The molecule has 2 nitrogen and oxygen atoms in total. The van der Waals surface area contributed by atoms with Crippen LogP contribution >= 0.6 is 11.3 Å². The smallest absolute Gasteiger partial charge is 0.107 e. The summed E-state index contributed by atoms with van der Waals surface area (Å²) < 4.78 is 0. The van der Waals surface area contributed by atoms with Gasteiger partial charge in [-0.25, -0.2) is 4.98 Å². The third-order valence-electron chi connectivity index (χ3n) is 1.65. The number of rotatable bonds is 2. The molecule has 1 aromatic heterocycles. The Labute approximate surface area is 76.9 Å². The minimum Gasteiger partial charge on any atom is -0.245 e. The highest BCUT2D eigenvalue weighted by Gasteiger charge is 2.09. The monoisotopic (exact) mass is 180 g/mol. The van der Waals surface area contributed by atoms with Crippen molar-refractivity contribution in [1.82, 2.24) is 4.98 Å². The van der Waals surface area contributed by atoms with Gasteiger partial charge in [0.1, 0.15) is 5.01 Å². The molecule has 0 fully saturated rings. The lowest BCUT2D eigenvalue weighted by molar-refractivity contribution is 0.818. The molecule has 1 rings (SSSR count).